The summed E-state index contributed by atoms with van der Waals surface area (Å²) in [4.78, 5) is 3.98. The van der Waals surface area contributed by atoms with Crippen LogP contribution in [0.25, 0.3) is 0 Å². The summed E-state index contributed by atoms with van der Waals surface area (Å²) in [6.07, 6.45) is 0.416. The van der Waals surface area contributed by atoms with Crippen LogP contribution in [0.5, 0.6) is 0 Å². The van der Waals surface area contributed by atoms with E-state index in [-0.39, 0.29) is 18.3 Å². The zero-order chi connectivity index (χ0) is 10.6. The molecule has 5 heteroatoms. The van der Waals surface area contributed by atoms with Crippen molar-refractivity contribution in [3.8, 4) is 6.07 Å². The van der Waals surface area contributed by atoms with Gasteiger partial charge in [-0.15, -0.1) is 0 Å². The van der Waals surface area contributed by atoms with Crippen molar-refractivity contribution in [3.63, 3.8) is 0 Å². The number of pyridine rings is 1. The summed E-state index contributed by atoms with van der Waals surface area (Å²) in [5.41, 5.74) is 6.44. The van der Waals surface area contributed by atoms with Crippen LogP contribution in [0.15, 0.2) is 12.1 Å². The molecule has 0 saturated heterocycles. The molecule has 14 heavy (non-hydrogen) atoms. The minimum absolute atomic E-state index is 0.00659. The highest BCUT2D eigenvalue weighted by molar-refractivity contribution is 6.31. The van der Waals surface area contributed by atoms with E-state index in [1.807, 2.05) is 6.07 Å². The highest BCUT2D eigenvalue weighted by atomic mass is 35.5. The molecular formula is C9H10ClN3O. The molecule has 0 aliphatic rings. The van der Waals surface area contributed by atoms with Gasteiger partial charge in [0.15, 0.2) is 5.69 Å². The van der Waals surface area contributed by atoms with Crippen LogP contribution in [0.2, 0.25) is 5.02 Å². The van der Waals surface area contributed by atoms with Gasteiger partial charge in [0.1, 0.15) is 6.07 Å². The first-order valence-electron chi connectivity index (χ1n) is 4.12. The minimum atomic E-state index is -0.357. The Morgan fingerprint density at radius 2 is 2.36 bits per heavy atom. The van der Waals surface area contributed by atoms with Gasteiger partial charge in [-0.1, -0.05) is 11.6 Å². The van der Waals surface area contributed by atoms with Crippen molar-refractivity contribution in [2.24, 2.45) is 5.73 Å². The van der Waals surface area contributed by atoms with Gasteiger partial charge in [-0.3, -0.25) is 0 Å². The Labute approximate surface area is 86.9 Å². The highest BCUT2D eigenvalue weighted by Crippen LogP contribution is 2.17. The van der Waals surface area contributed by atoms with Crippen molar-refractivity contribution in [2.45, 2.75) is 12.5 Å². The van der Waals surface area contributed by atoms with E-state index in [1.165, 1.54) is 0 Å². The van der Waals surface area contributed by atoms with Crippen LogP contribution in [-0.4, -0.2) is 16.7 Å². The molecular weight excluding hydrogens is 202 g/mol. The number of hydrogen-bond acceptors (Lipinski definition) is 4. The number of aromatic nitrogens is 1. The average molecular weight is 212 g/mol. The van der Waals surface area contributed by atoms with Gasteiger partial charge in [0.2, 0.25) is 0 Å². The molecule has 0 fully saturated rings. The summed E-state index contributed by atoms with van der Waals surface area (Å²) in [6.45, 7) is -0.00659. The van der Waals surface area contributed by atoms with Crippen LogP contribution < -0.4 is 5.73 Å². The van der Waals surface area contributed by atoms with Gasteiger partial charge in [0, 0.05) is 12.6 Å². The Bertz CT molecular complexity index is 362. The van der Waals surface area contributed by atoms with E-state index in [1.54, 1.807) is 12.1 Å². The molecule has 0 aliphatic heterocycles. The first-order valence-corrected chi connectivity index (χ1v) is 4.49. The Kier molecular flexibility index (Phi) is 3.84. The SMILES string of the molecule is N#Cc1nc(C(N)CCO)ccc1Cl. The topological polar surface area (TPSA) is 82.9 Å². The van der Waals surface area contributed by atoms with E-state index in [0.29, 0.717) is 17.1 Å². The molecule has 0 aromatic carbocycles. The highest BCUT2D eigenvalue weighted by Gasteiger charge is 2.09. The zero-order valence-corrected chi connectivity index (χ0v) is 8.20. The number of nitriles is 1. The van der Waals surface area contributed by atoms with E-state index in [0.717, 1.165) is 0 Å². The van der Waals surface area contributed by atoms with Gasteiger partial charge in [-0.05, 0) is 18.6 Å². The fraction of sp³-hybridized carbons (Fsp3) is 0.333. The number of aliphatic hydroxyl groups is 1. The number of halogens is 1. The van der Waals surface area contributed by atoms with Crippen molar-refractivity contribution in [1.29, 1.82) is 5.26 Å². The molecule has 1 heterocycles. The van der Waals surface area contributed by atoms with E-state index in [4.69, 9.17) is 27.7 Å². The first kappa shape index (κ1) is 10.9. The number of nitrogens with two attached hydrogens (primary N) is 1. The van der Waals surface area contributed by atoms with E-state index in [9.17, 15) is 0 Å². The van der Waals surface area contributed by atoms with E-state index in [2.05, 4.69) is 4.98 Å². The van der Waals surface area contributed by atoms with Gasteiger partial charge in [-0.25, -0.2) is 4.98 Å². The Hall–Kier alpha value is -1.15. The predicted molar refractivity (Wildman–Crippen MR) is 52.6 cm³/mol. The van der Waals surface area contributed by atoms with Crippen LogP contribution in [0.1, 0.15) is 23.9 Å². The normalized spacial score (nSPS) is 12.1. The van der Waals surface area contributed by atoms with E-state index < -0.39 is 0 Å². The van der Waals surface area contributed by atoms with Crippen LogP contribution in [0.4, 0.5) is 0 Å². The fourth-order valence-corrected chi connectivity index (χ4v) is 1.18. The summed E-state index contributed by atoms with van der Waals surface area (Å²) >= 11 is 5.70. The van der Waals surface area contributed by atoms with Crippen LogP contribution >= 0.6 is 11.6 Å². The lowest BCUT2D eigenvalue weighted by Crippen LogP contribution is -2.14. The lowest BCUT2D eigenvalue weighted by molar-refractivity contribution is 0.275. The molecule has 0 radical (unpaired) electrons. The number of hydrogen-bond donors (Lipinski definition) is 2. The predicted octanol–water partition coefficient (Wildman–Crippen LogP) is 0.989. The summed E-state index contributed by atoms with van der Waals surface area (Å²) < 4.78 is 0. The van der Waals surface area contributed by atoms with Crippen molar-refractivity contribution in [1.82, 2.24) is 4.98 Å². The van der Waals surface area contributed by atoms with Gasteiger partial charge in [0.25, 0.3) is 0 Å². The zero-order valence-electron chi connectivity index (χ0n) is 7.44. The molecule has 1 atom stereocenters. The Morgan fingerprint density at radius 1 is 1.64 bits per heavy atom. The lowest BCUT2D eigenvalue weighted by atomic mass is 10.1. The Balaban J connectivity index is 2.95. The summed E-state index contributed by atoms with van der Waals surface area (Å²) in [5, 5.41) is 17.7. The molecule has 0 saturated carbocycles. The van der Waals surface area contributed by atoms with Crippen molar-refractivity contribution in [2.75, 3.05) is 6.61 Å². The minimum Gasteiger partial charge on any atom is -0.396 e. The van der Waals surface area contributed by atoms with Crippen LogP contribution in [0, 0.1) is 11.3 Å². The second-order valence-corrected chi connectivity index (χ2v) is 3.20. The van der Waals surface area contributed by atoms with E-state index >= 15 is 0 Å². The van der Waals surface area contributed by atoms with Crippen LogP contribution in [-0.2, 0) is 0 Å². The molecule has 0 spiro atoms. The molecule has 4 nitrogen and oxygen atoms in total. The third-order valence-corrected chi connectivity index (χ3v) is 2.10. The summed E-state index contributed by atoms with van der Waals surface area (Å²) in [7, 11) is 0. The number of aliphatic hydroxyl groups excluding tert-OH is 1. The molecule has 0 bridgehead atoms. The molecule has 1 aromatic heterocycles. The van der Waals surface area contributed by atoms with Crippen molar-refractivity contribution >= 4 is 11.6 Å². The lowest BCUT2D eigenvalue weighted by Gasteiger charge is -2.09. The molecule has 0 aliphatic carbocycles. The maximum absolute atomic E-state index is 8.68. The second kappa shape index (κ2) is 4.91. The van der Waals surface area contributed by atoms with Gasteiger partial charge in [-0.2, -0.15) is 5.26 Å². The molecule has 0 amide bonds. The third-order valence-electron chi connectivity index (χ3n) is 1.79. The van der Waals surface area contributed by atoms with Gasteiger partial charge >= 0.3 is 0 Å². The third kappa shape index (κ3) is 2.42. The number of rotatable bonds is 3. The first-order chi connectivity index (χ1) is 6.69. The number of nitrogens with zero attached hydrogens (tertiary/aromatic N) is 2. The van der Waals surface area contributed by atoms with Crippen molar-refractivity contribution in [3.05, 3.63) is 28.5 Å². The molecule has 74 valence electrons. The smallest absolute Gasteiger partial charge is 0.159 e. The molecule has 3 N–H and O–H groups in total. The van der Waals surface area contributed by atoms with Gasteiger partial charge < -0.3 is 10.8 Å². The van der Waals surface area contributed by atoms with Gasteiger partial charge in [0.05, 0.1) is 10.7 Å². The fourth-order valence-electron chi connectivity index (χ4n) is 1.03. The summed E-state index contributed by atoms with van der Waals surface area (Å²) in [5.74, 6) is 0. The molecule has 1 aromatic rings. The monoisotopic (exact) mass is 211 g/mol. The molecule has 1 unspecified atom stereocenters. The maximum atomic E-state index is 8.68. The average Bonchev–Trinajstić information content (AvgIpc) is 2.19. The largest absolute Gasteiger partial charge is 0.396 e. The quantitative estimate of drug-likeness (QED) is 0.781. The second-order valence-electron chi connectivity index (χ2n) is 2.80. The molecule has 1 rings (SSSR count). The van der Waals surface area contributed by atoms with Crippen LogP contribution in [0.3, 0.4) is 0 Å². The maximum Gasteiger partial charge on any atom is 0.159 e. The summed E-state index contributed by atoms with van der Waals surface area (Å²) in [6, 6.07) is 4.75. The van der Waals surface area contributed by atoms with Crippen molar-refractivity contribution < 1.29 is 5.11 Å². The standard InChI is InChI=1S/C9H10ClN3O/c10-6-1-2-8(7(12)3-4-14)13-9(6)5-11/h1-2,7,14H,3-4,12H2. The Morgan fingerprint density at radius 3 is 2.93 bits per heavy atom.